The molecule has 4 heterocycles. The van der Waals surface area contributed by atoms with Gasteiger partial charge in [-0.2, -0.15) is 0 Å². The van der Waals surface area contributed by atoms with E-state index in [1.807, 2.05) is 19.9 Å². The van der Waals surface area contributed by atoms with Crippen molar-refractivity contribution in [3.8, 4) is 5.75 Å². The van der Waals surface area contributed by atoms with Crippen molar-refractivity contribution in [1.29, 1.82) is 0 Å². The highest BCUT2D eigenvalue weighted by Gasteiger charge is 2.29. The van der Waals surface area contributed by atoms with Crippen molar-refractivity contribution in [3.05, 3.63) is 58.3 Å². The fourth-order valence-electron chi connectivity index (χ4n) is 4.04. The number of pyridine rings is 1. The summed E-state index contributed by atoms with van der Waals surface area (Å²) in [5, 5.41) is 3.45. The molecular formula is C24H24N4O5. The minimum atomic E-state index is -0.831. The van der Waals surface area contributed by atoms with Crippen LogP contribution in [-0.2, 0) is 22.6 Å². The van der Waals surface area contributed by atoms with Crippen LogP contribution in [0.4, 0.5) is 5.69 Å². The maximum atomic E-state index is 13.2. The summed E-state index contributed by atoms with van der Waals surface area (Å²) in [5.41, 5.74) is 2.45. The van der Waals surface area contributed by atoms with E-state index in [0.717, 1.165) is 11.3 Å². The van der Waals surface area contributed by atoms with Crippen LogP contribution in [0.1, 0.15) is 38.1 Å². The van der Waals surface area contributed by atoms with Crippen LogP contribution in [0, 0.1) is 0 Å². The lowest BCUT2D eigenvalue weighted by Gasteiger charge is -2.30. The first-order valence-corrected chi connectivity index (χ1v) is 10.7. The lowest BCUT2D eigenvalue weighted by Crippen LogP contribution is -2.32. The van der Waals surface area contributed by atoms with E-state index < -0.39 is 11.6 Å². The molecule has 0 aliphatic carbocycles. The molecule has 1 N–H and O–H groups in total. The van der Waals surface area contributed by atoms with Gasteiger partial charge in [0, 0.05) is 12.0 Å². The van der Waals surface area contributed by atoms with Gasteiger partial charge in [-0.05, 0) is 39.0 Å². The number of nitrogens with one attached hydrogen (secondary N) is 1. The molecule has 0 unspecified atom stereocenters. The molecule has 33 heavy (non-hydrogen) atoms. The first-order chi connectivity index (χ1) is 15.8. The van der Waals surface area contributed by atoms with Gasteiger partial charge in [0.15, 0.2) is 0 Å². The lowest BCUT2D eigenvalue weighted by molar-refractivity contribution is -0.118. The zero-order valence-electron chi connectivity index (χ0n) is 18.8. The number of benzene rings is 1. The Morgan fingerprint density at radius 2 is 2.09 bits per heavy atom. The second kappa shape index (κ2) is 7.70. The number of hydrogen-bond donors (Lipinski definition) is 1. The number of anilines is 1. The van der Waals surface area contributed by atoms with Gasteiger partial charge in [0.05, 0.1) is 42.4 Å². The van der Waals surface area contributed by atoms with Crippen molar-refractivity contribution in [3.63, 3.8) is 0 Å². The molecule has 1 aliphatic heterocycles. The molecule has 0 saturated heterocycles. The molecule has 0 fully saturated rings. The molecule has 1 aromatic carbocycles. The van der Waals surface area contributed by atoms with Crippen LogP contribution >= 0.6 is 0 Å². The Balaban J connectivity index is 1.52. The van der Waals surface area contributed by atoms with E-state index in [0.29, 0.717) is 41.1 Å². The quantitative estimate of drug-likeness (QED) is 0.508. The minimum Gasteiger partial charge on any atom is -0.495 e. The smallest absolute Gasteiger partial charge is 0.297 e. The maximum absolute atomic E-state index is 13.2. The molecule has 9 heteroatoms. The third-order valence-corrected chi connectivity index (χ3v) is 5.94. The van der Waals surface area contributed by atoms with E-state index in [9.17, 15) is 9.59 Å². The number of nitrogens with zero attached hydrogens (tertiary/aromatic N) is 3. The third-order valence-electron chi connectivity index (χ3n) is 5.94. The minimum absolute atomic E-state index is 0.0690. The van der Waals surface area contributed by atoms with Crippen molar-refractivity contribution in [2.75, 3.05) is 12.4 Å². The van der Waals surface area contributed by atoms with Crippen molar-refractivity contribution in [1.82, 2.24) is 14.5 Å². The maximum Gasteiger partial charge on any atom is 0.297 e. The first-order valence-electron chi connectivity index (χ1n) is 10.7. The largest absolute Gasteiger partial charge is 0.495 e. The third kappa shape index (κ3) is 3.64. The van der Waals surface area contributed by atoms with Gasteiger partial charge >= 0.3 is 0 Å². The molecule has 0 bridgehead atoms. The summed E-state index contributed by atoms with van der Waals surface area (Å²) in [4.78, 5) is 35.2. The fourth-order valence-corrected chi connectivity index (χ4v) is 4.04. The number of carbonyl (C=O) groups is 1. The van der Waals surface area contributed by atoms with Crippen LogP contribution in [0.5, 0.6) is 5.75 Å². The Morgan fingerprint density at radius 1 is 1.30 bits per heavy atom. The van der Waals surface area contributed by atoms with Crippen LogP contribution in [0.25, 0.3) is 22.2 Å². The summed E-state index contributed by atoms with van der Waals surface area (Å²) in [5.74, 6) is 0.144. The Bertz CT molecular complexity index is 1450. The Kier molecular flexibility index (Phi) is 4.93. The number of amides is 1. The predicted molar refractivity (Wildman–Crippen MR) is 122 cm³/mol. The normalized spacial score (nSPS) is 15.9. The molecule has 5 rings (SSSR count). The van der Waals surface area contributed by atoms with Gasteiger partial charge in [-0.15, -0.1) is 0 Å². The summed E-state index contributed by atoms with van der Waals surface area (Å²) >= 11 is 0. The van der Waals surface area contributed by atoms with E-state index in [-0.39, 0.29) is 17.1 Å². The van der Waals surface area contributed by atoms with Crippen molar-refractivity contribution >= 4 is 33.8 Å². The highest BCUT2D eigenvalue weighted by molar-refractivity contribution is 6.01. The zero-order valence-corrected chi connectivity index (χ0v) is 18.8. The van der Waals surface area contributed by atoms with E-state index in [2.05, 4.69) is 15.3 Å². The van der Waals surface area contributed by atoms with E-state index in [1.165, 1.54) is 18.0 Å². The summed E-state index contributed by atoms with van der Waals surface area (Å²) in [7, 11) is 1.53. The van der Waals surface area contributed by atoms with E-state index >= 15 is 0 Å². The molecule has 1 aliphatic rings. The SMILES string of the molecule is COc1ccccc1NC(=O)[C@H](C)n1cnc2c(oc3nc4c(cc32)COC(C)(C)C4)c1=O. The number of para-hydroxylation sites is 2. The lowest BCUT2D eigenvalue weighted by atomic mass is 9.95. The second-order valence-electron chi connectivity index (χ2n) is 8.77. The molecule has 0 radical (unpaired) electrons. The molecular weight excluding hydrogens is 424 g/mol. The van der Waals surface area contributed by atoms with E-state index in [4.69, 9.17) is 13.9 Å². The molecule has 4 aromatic rings. The summed E-state index contributed by atoms with van der Waals surface area (Å²) in [6.07, 6.45) is 2.01. The highest BCUT2D eigenvalue weighted by atomic mass is 16.5. The Morgan fingerprint density at radius 3 is 2.88 bits per heavy atom. The number of carbonyl (C=O) groups excluding carboxylic acids is 1. The van der Waals surface area contributed by atoms with Gasteiger partial charge in [-0.25, -0.2) is 9.97 Å². The number of fused-ring (bicyclic) bond motifs is 4. The predicted octanol–water partition coefficient (Wildman–Crippen LogP) is 3.60. The summed E-state index contributed by atoms with van der Waals surface area (Å²) in [6, 6.07) is 8.16. The number of ether oxygens (including phenoxy) is 2. The molecule has 3 aromatic heterocycles. The van der Waals surface area contributed by atoms with Crippen molar-refractivity contribution in [2.24, 2.45) is 0 Å². The van der Waals surface area contributed by atoms with Gasteiger partial charge in [0.25, 0.3) is 5.56 Å². The van der Waals surface area contributed by atoms with Crippen LogP contribution in [0.2, 0.25) is 0 Å². The van der Waals surface area contributed by atoms with E-state index in [1.54, 1.807) is 31.2 Å². The van der Waals surface area contributed by atoms with Gasteiger partial charge < -0.3 is 19.2 Å². The number of furan rings is 1. The van der Waals surface area contributed by atoms with Gasteiger partial charge in [0.2, 0.25) is 17.2 Å². The van der Waals surface area contributed by atoms with Gasteiger partial charge in [-0.1, -0.05) is 12.1 Å². The van der Waals surface area contributed by atoms with Crippen LogP contribution < -0.4 is 15.6 Å². The molecule has 170 valence electrons. The number of rotatable bonds is 4. The molecule has 0 spiro atoms. The number of methoxy groups -OCH3 is 1. The Hall–Kier alpha value is -3.72. The number of hydrogen-bond acceptors (Lipinski definition) is 7. The van der Waals surface area contributed by atoms with Crippen molar-refractivity contribution < 1.29 is 18.7 Å². The zero-order chi connectivity index (χ0) is 23.3. The van der Waals surface area contributed by atoms with Gasteiger partial charge in [-0.3, -0.25) is 14.2 Å². The Labute approximate surface area is 189 Å². The van der Waals surface area contributed by atoms with Crippen LogP contribution in [0.3, 0.4) is 0 Å². The van der Waals surface area contributed by atoms with Crippen LogP contribution in [-0.4, -0.2) is 33.2 Å². The average Bonchev–Trinajstić information content (AvgIpc) is 3.15. The topological polar surface area (TPSA) is 108 Å². The molecule has 0 saturated carbocycles. The van der Waals surface area contributed by atoms with Crippen LogP contribution in [0.15, 0.2) is 45.9 Å². The fraction of sp³-hybridized carbons (Fsp3) is 0.333. The van der Waals surface area contributed by atoms with Gasteiger partial charge in [0.1, 0.15) is 17.3 Å². The monoisotopic (exact) mass is 448 g/mol. The average molecular weight is 448 g/mol. The number of aromatic nitrogens is 3. The molecule has 1 amide bonds. The standard InChI is InChI=1S/C24H24N4O5/c1-13(21(29)26-16-7-5-6-8-18(16)31-4)28-12-25-19-15-9-14-11-32-24(2,3)10-17(14)27-22(15)33-20(19)23(28)30/h5-9,12-13H,10-11H2,1-4H3,(H,26,29)/t13-/m0/s1. The second-order valence-corrected chi connectivity index (χ2v) is 8.77. The first kappa shape index (κ1) is 21.1. The molecule has 1 atom stereocenters. The summed E-state index contributed by atoms with van der Waals surface area (Å²) < 4.78 is 18.3. The summed E-state index contributed by atoms with van der Waals surface area (Å²) in [6.45, 7) is 6.09. The highest BCUT2D eigenvalue weighted by Crippen LogP contribution is 2.32. The molecule has 9 nitrogen and oxygen atoms in total. The van der Waals surface area contributed by atoms with Crippen molar-refractivity contribution in [2.45, 2.75) is 45.4 Å².